The van der Waals surface area contributed by atoms with E-state index in [0.717, 1.165) is 18.4 Å². The van der Waals surface area contributed by atoms with Crippen molar-refractivity contribution in [3.05, 3.63) is 41.2 Å². The number of anilines is 1. The van der Waals surface area contributed by atoms with Crippen molar-refractivity contribution in [2.75, 3.05) is 5.32 Å². The van der Waals surface area contributed by atoms with E-state index in [1.165, 1.54) is 6.20 Å². The first-order chi connectivity index (χ1) is 9.63. The van der Waals surface area contributed by atoms with E-state index in [2.05, 4.69) is 15.3 Å². The Morgan fingerprint density at radius 2 is 2.00 bits per heavy atom. The van der Waals surface area contributed by atoms with Gasteiger partial charge in [0.15, 0.2) is 11.5 Å². The van der Waals surface area contributed by atoms with Crippen LogP contribution in [0.1, 0.15) is 23.3 Å². The molecule has 0 radical (unpaired) electrons. The van der Waals surface area contributed by atoms with Gasteiger partial charge in [0.05, 0.1) is 6.20 Å². The van der Waals surface area contributed by atoms with Gasteiger partial charge in [-0.25, -0.2) is 14.8 Å². The summed E-state index contributed by atoms with van der Waals surface area (Å²) in [5, 5.41) is 12.9. The van der Waals surface area contributed by atoms with Crippen molar-refractivity contribution in [3.63, 3.8) is 0 Å². The zero-order valence-electron chi connectivity index (χ0n) is 10.5. The van der Waals surface area contributed by atoms with E-state index in [1.807, 2.05) is 0 Å². The van der Waals surface area contributed by atoms with Gasteiger partial charge in [0, 0.05) is 16.6 Å². The molecule has 5 nitrogen and oxygen atoms in total. The second kappa shape index (κ2) is 5.09. The van der Waals surface area contributed by atoms with Gasteiger partial charge in [-0.3, -0.25) is 0 Å². The van der Waals surface area contributed by atoms with E-state index in [4.69, 9.17) is 16.7 Å². The number of benzene rings is 1. The monoisotopic (exact) mass is 289 g/mol. The smallest absolute Gasteiger partial charge is 0.356 e. The van der Waals surface area contributed by atoms with Crippen LogP contribution in [-0.2, 0) is 0 Å². The highest BCUT2D eigenvalue weighted by Gasteiger charge is 2.24. The Balaban J connectivity index is 2.05. The Morgan fingerprint density at radius 3 is 2.60 bits per heavy atom. The number of carboxylic acid groups (broad SMARTS) is 1. The molecule has 1 aromatic carbocycles. The van der Waals surface area contributed by atoms with Gasteiger partial charge in [-0.15, -0.1) is 0 Å². The van der Waals surface area contributed by atoms with Gasteiger partial charge in [-0.2, -0.15) is 0 Å². The molecular weight excluding hydrogens is 278 g/mol. The number of hydrogen-bond acceptors (Lipinski definition) is 4. The lowest BCUT2D eigenvalue weighted by Gasteiger charge is -2.10. The molecule has 1 aliphatic rings. The minimum atomic E-state index is -1.09. The Hall–Kier alpha value is -2.14. The summed E-state index contributed by atoms with van der Waals surface area (Å²) >= 11 is 5.87. The molecule has 0 aliphatic heterocycles. The summed E-state index contributed by atoms with van der Waals surface area (Å²) in [4.78, 5) is 19.4. The SMILES string of the molecule is O=C(O)c1cnc(NC2CC2)c(-c2ccc(Cl)cc2)n1. The van der Waals surface area contributed by atoms with E-state index in [1.54, 1.807) is 24.3 Å². The van der Waals surface area contributed by atoms with Gasteiger partial charge in [0.1, 0.15) is 5.69 Å². The minimum absolute atomic E-state index is 0.0729. The number of halogens is 1. The normalized spacial score (nSPS) is 14.1. The number of nitrogens with zero attached hydrogens (tertiary/aromatic N) is 2. The van der Waals surface area contributed by atoms with Crippen LogP contribution in [0.5, 0.6) is 0 Å². The lowest BCUT2D eigenvalue weighted by Crippen LogP contribution is -2.09. The van der Waals surface area contributed by atoms with Gasteiger partial charge in [-0.05, 0) is 25.0 Å². The lowest BCUT2D eigenvalue weighted by molar-refractivity contribution is 0.0690. The van der Waals surface area contributed by atoms with E-state index < -0.39 is 5.97 Å². The Bertz CT molecular complexity index is 654. The second-order valence-corrected chi connectivity index (χ2v) is 5.12. The maximum atomic E-state index is 11.0. The average molecular weight is 290 g/mol. The molecule has 1 aliphatic carbocycles. The topological polar surface area (TPSA) is 75.1 Å². The number of hydrogen-bond donors (Lipinski definition) is 2. The first-order valence-electron chi connectivity index (χ1n) is 6.26. The number of aromatic carboxylic acids is 1. The van der Waals surface area contributed by atoms with Gasteiger partial charge in [0.25, 0.3) is 0 Å². The number of carbonyl (C=O) groups is 1. The fraction of sp³-hybridized carbons (Fsp3) is 0.214. The first kappa shape index (κ1) is 12.9. The van der Waals surface area contributed by atoms with E-state index >= 15 is 0 Å². The van der Waals surface area contributed by atoms with Crippen molar-refractivity contribution in [2.24, 2.45) is 0 Å². The van der Waals surface area contributed by atoms with Crippen LogP contribution >= 0.6 is 11.6 Å². The molecule has 3 rings (SSSR count). The zero-order valence-corrected chi connectivity index (χ0v) is 11.3. The molecule has 1 fully saturated rings. The fourth-order valence-electron chi connectivity index (χ4n) is 1.83. The number of carboxylic acids is 1. The second-order valence-electron chi connectivity index (χ2n) is 4.68. The van der Waals surface area contributed by atoms with Crippen LogP contribution in [0, 0.1) is 0 Å². The molecule has 0 bridgehead atoms. The van der Waals surface area contributed by atoms with Crippen LogP contribution in [0.3, 0.4) is 0 Å². The summed E-state index contributed by atoms with van der Waals surface area (Å²) in [7, 11) is 0. The molecule has 1 saturated carbocycles. The predicted molar refractivity (Wildman–Crippen MR) is 76.1 cm³/mol. The average Bonchev–Trinajstić information content (AvgIpc) is 3.24. The van der Waals surface area contributed by atoms with Gasteiger partial charge >= 0.3 is 5.97 Å². The molecule has 1 aromatic heterocycles. The maximum absolute atomic E-state index is 11.0. The molecule has 2 N–H and O–H groups in total. The van der Waals surface area contributed by atoms with Crippen molar-refractivity contribution in [1.29, 1.82) is 0 Å². The third-order valence-corrected chi connectivity index (χ3v) is 3.28. The Morgan fingerprint density at radius 1 is 1.30 bits per heavy atom. The third kappa shape index (κ3) is 2.72. The van der Waals surface area contributed by atoms with Crippen molar-refractivity contribution < 1.29 is 9.90 Å². The fourth-order valence-corrected chi connectivity index (χ4v) is 1.95. The van der Waals surface area contributed by atoms with Crippen molar-refractivity contribution in [3.8, 4) is 11.3 Å². The number of rotatable bonds is 4. The van der Waals surface area contributed by atoms with Crippen LogP contribution in [0.25, 0.3) is 11.3 Å². The highest BCUT2D eigenvalue weighted by Crippen LogP contribution is 2.30. The molecule has 2 aromatic rings. The number of nitrogens with one attached hydrogen (secondary N) is 1. The molecule has 0 spiro atoms. The highest BCUT2D eigenvalue weighted by atomic mass is 35.5. The summed E-state index contributed by atoms with van der Waals surface area (Å²) in [5.41, 5.74) is 1.25. The molecule has 0 unspecified atom stereocenters. The zero-order chi connectivity index (χ0) is 14.1. The van der Waals surface area contributed by atoms with Crippen molar-refractivity contribution in [2.45, 2.75) is 18.9 Å². The van der Waals surface area contributed by atoms with Gasteiger partial charge in [-0.1, -0.05) is 23.7 Å². The molecule has 20 heavy (non-hydrogen) atoms. The minimum Gasteiger partial charge on any atom is -0.476 e. The van der Waals surface area contributed by atoms with Gasteiger partial charge < -0.3 is 10.4 Å². The lowest BCUT2D eigenvalue weighted by atomic mass is 10.1. The first-order valence-corrected chi connectivity index (χ1v) is 6.64. The molecular formula is C14H12ClN3O2. The van der Waals surface area contributed by atoms with Crippen LogP contribution in [0.4, 0.5) is 5.82 Å². The molecule has 0 amide bonds. The largest absolute Gasteiger partial charge is 0.476 e. The van der Waals surface area contributed by atoms with Crippen LogP contribution in [0.2, 0.25) is 5.02 Å². The van der Waals surface area contributed by atoms with Crippen molar-refractivity contribution in [1.82, 2.24) is 9.97 Å². The van der Waals surface area contributed by atoms with E-state index in [0.29, 0.717) is 22.6 Å². The van der Waals surface area contributed by atoms with E-state index in [-0.39, 0.29) is 5.69 Å². The van der Waals surface area contributed by atoms with Gasteiger partial charge in [0.2, 0.25) is 0 Å². The maximum Gasteiger partial charge on any atom is 0.356 e. The summed E-state index contributed by atoms with van der Waals surface area (Å²) < 4.78 is 0. The molecule has 0 atom stereocenters. The summed E-state index contributed by atoms with van der Waals surface area (Å²) in [6.07, 6.45) is 3.47. The van der Waals surface area contributed by atoms with Crippen molar-refractivity contribution >= 4 is 23.4 Å². The Kier molecular flexibility index (Phi) is 3.28. The summed E-state index contributed by atoms with van der Waals surface area (Å²) in [5.74, 6) is -0.481. The van der Waals surface area contributed by atoms with Crippen LogP contribution in [0.15, 0.2) is 30.5 Å². The predicted octanol–water partition coefficient (Wildman–Crippen LogP) is 3.07. The Labute approximate surface area is 120 Å². The summed E-state index contributed by atoms with van der Waals surface area (Å²) in [6.45, 7) is 0. The molecule has 102 valence electrons. The third-order valence-electron chi connectivity index (χ3n) is 3.03. The molecule has 6 heteroatoms. The van der Waals surface area contributed by atoms with E-state index in [9.17, 15) is 4.79 Å². The quantitative estimate of drug-likeness (QED) is 0.905. The van der Waals surface area contributed by atoms with Crippen LogP contribution in [-0.4, -0.2) is 27.1 Å². The summed E-state index contributed by atoms with van der Waals surface area (Å²) in [6, 6.07) is 7.50. The van der Waals surface area contributed by atoms with Crippen LogP contribution < -0.4 is 5.32 Å². The highest BCUT2D eigenvalue weighted by molar-refractivity contribution is 6.30. The molecule has 1 heterocycles. The number of aromatic nitrogens is 2. The molecule has 0 saturated heterocycles. The standard InChI is InChI=1S/C14H12ClN3O2/c15-9-3-1-8(2-4-9)12-13(17-10-5-6-10)16-7-11(18-12)14(19)20/h1-4,7,10H,5-6H2,(H,16,17)(H,19,20).